The number of ether oxygens (including phenoxy) is 1. The van der Waals surface area contributed by atoms with Gasteiger partial charge in [-0.2, -0.15) is 0 Å². The molecule has 0 saturated carbocycles. The first kappa shape index (κ1) is 8.97. The Balaban J connectivity index is 2.23. The summed E-state index contributed by atoms with van der Waals surface area (Å²) in [7, 11) is 0. The van der Waals surface area contributed by atoms with Gasteiger partial charge in [0, 0.05) is 31.1 Å². The number of H-pyrrole nitrogens is 1. The van der Waals surface area contributed by atoms with E-state index >= 15 is 0 Å². The van der Waals surface area contributed by atoms with E-state index in [2.05, 4.69) is 15.7 Å². The number of aryl methyl sites for hydroxylation is 1. The third-order valence-corrected chi connectivity index (χ3v) is 2.77. The summed E-state index contributed by atoms with van der Waals surface area (Å²) in [5.41, 5.74) is 1.14. The first-order valence-corrected chi connectivity index (χ1v) is 5.03. The van der Waals surface area contributed by atoms with Crippen molar-refractivity contribution in [2.45, 2.75) is 25.8 Å². The molecular formula is C9H14N2OS. The largest absolute Gasteiger partial charge is 0.381 e. The lowest BCUT2D eigenvalue weighted by atomic mass is 10.1. The lowest BCUT2D eigenvalue weighted by Gasteiger charge is -2.23. The molecule has 2 heterocycles. The zero-order valence-electron chi connectivity index (χ0n) is 7.75. The molecule has 0 aliphatic carbocycles. The van der Waals surface area contributed by atoms with Gasteiger partial charge in [-0.3, -0.25) is 0 Å². The molecule has 0 atom stereocenters. The van der Waals surface area contributed by atoms with Crippen molar-refractivity contribution >= 4 is 12.2 Å². The molecule has 1 aromatic rings. The molecule has 0 amide bonds. The Hall–Kier alpha value is -0.610. The summed E-state index contributed by atoms with van der Waals surface area (Å²) in [5, 5.41) is 0. The minimum atomic E-state index is 0.534. The lowest BCUT2D eigenvalue weighted by Crippen LogP contribution is -2.19. The molecule has 0 bridgehead atoms. The van der Waals surface area contributed by atoms with Crippen LogP contribution in [-0.4, -0.2) is 22.8 Å². The molecule has 0 unspecified atom stereocenters. The highest BCUT2D eigenvalue weighted by Gasteiger charge is 2.15. The molecule has 0 aromatic carbocycles. The number of aromatic nitrogens is 2. The summed E-state index contributed by atoms with van der Waals surface area (Å²) in [6.45, 7) is 3.75. The van der Waals surface area contributed by atoms with Crippen molar-refractivity contribution in [1.29, 1.82) is 0 Å². The molecule has 0 spiro atoms. The SMILES string of the molecule is Cc1cn(C2CCOCC2)c(=S)[nH]1. The molecule has 1 aliphatic heterocycles. The smallest absolute Gasteiger partial charge is 0.177 e. The van der Waals surface area contributed by atoms with E-state index < -0.39 is 0 Å². The van der Waals surface area contributed by atoms with E-state index in [0.717, 1.165) is 36.5 Å². The second-order valence-corrected chi connectivity index (χ2v) is 3.88. The van der Waals surface area contributed by atoms with Gasteiger partial charge in [0.15, 0.2) is 4.77 Å². The lowest BCUT2D eigenvalue weighted by molar-refractivity contribution is 0.0692. The van der Waals surface area contributed by atoms with Gasteiger partial charge < -0.3 is 14.3 Å². The number of rotatable bonds is 1. The maximum Gasteiger partial charge on any atom is 0.177 e. The maximum absolute atomic E-state index is 5.31. The van der Waals surface area contributed by atoms with Crippen molar-refractivity contribution in [2.24, 2.45) is 0 Å². The van der Waals surface area contributed by atoms with Crippen LogP contribution in [0.5, 0.6) is 0 Å². The predicted molar refractivity (Wildman–Crippen MR) is 53.4 cm³/mol. The van der Waals surface area contributed by atoms with Crippen LogP contribution < -0.4 is 0 Å². The Bertz CT molecular complexity index is 336. The monoisotopic (exact) mass is 198 g/mol. The molecule has 72 valence electrons. The third kappa shape index (κ3) is 1.84. The highest BCUT2D eigenvalue weighted by atomic mass is 32.1. The molecule has 1 aliphatic rings. The fourth-order valence-electron chi connectivity index (χ4n) is 1.77. The van der Waals surface area contributed by atoms with Crippen molar-refractivity contribution < 1.29 is 4.74 Å². The van der Waals surface area contributed by atoms with Crippen LogP contribution in [0.15, 0.2) is 6.20 Å². The average molecular weight is 198 g/mol. The van der Waals surface area contributed by atoms with Gasteiger partial charge in [0.1, 0.15) is 0 Å². The molecule has 1 N–H and O–H groups in total. The second-order valence-electron chi connectivity index (χ2n) is 3.49. The van der Waals surface area contributed by atoms with Crippen LogP contribution in [0.2, 0.25) is 0 Å². The summed E-state index contributed by atoms with van der Waals surface area (Å²) in [6.07, 6.45) is 4.25. The molecule has 4 heteroatoms. The van der Waals surface area contributed by atoms with Gasteiger partial charge in [-0.1, -0.05) is 0 Å². The van der Waals surface area contributed by atoms with Crippen molar-refractivity contribution in [1.82, 2.24) is 9.55 Å². The van der Waals surface area contributed by atoms with E-state index in [0.29, 0.717) is 6.04 Å². The van der Waals surface area contributed by atoms with E-state index in [1.54, 1.807) is 0 Å². The normalized spacial score (nSPS) is 19.2. The Morgan fingerprint density at radius 1 is 1.54 bits per heavy atom. The number of imidazole rings is 1. The predicted octanol–water partition coefficient (Wildman–Crippen LogP) is 2.21. The summed E-state index contributed by atoms with van der Waals surface area (Å²) in [4.78, 5) is 3.14. The Morgan fingerprint density at radius 3 is 2.77 bits per heavy atom. The van der Waals surface area contributed by atoms with E-state index in [-0.39, 0.29) is 0 Å². The molecule has 0 radical (unpaired) electrons. The highest BCUT2D eigenvalue weighted by Crippen LogP contribution is 2.21. The quantitative estimate of drug-likeness (QED) is 0.701. The van der Waals surface area contributed by atoms with Crippen molar-refractivity contribution in [2.75, 3.05) is 13.2 Å². The van der Waals surface area contributed by atoms with Gasteiger partial charge in [0.25, 0.3) is 0 Å². The van der Waals surface area contributed by atoms with Gasteiger partial charge in [-0.25, -0.2) is 0 Å². The molecule has 1 aromatic heterocycles. The van der Waals surface area contributed by atoms with Crippen LogP contribution in [0.4, 0.5) is 0 Å². The Morgan fingerprint density at radius 2 is 2.23 bits per heavy atom. The van der Waals surface area contributed by atoms with Crippen LogP contribution in [0, 0.1) is 11.7 Å². The first-order chi connectivity index (χ1) is 6.27. The van der Waals surface area contributed by atoms with Gasteiger partial charge in [-0.15, -0.1) is 0 Å². The fourth-order valence-corrected chi connectivity index (χ4v) is 2.13. The molecule has 1 saturated heterocycles. The van der Waals surface area contributed by atoms with E-state index in [4.69, 9.17) is 17.0 Å². The maximum atomic E-state index is 5.31. The number of hydrogen-bond donors (Lipinski definition) is 1. The number of nitrogens with one attached hydrogen (secondary N) is 1. The minimum absolute atomic E-state index is 0.534. The van der Waals surface area contributed by atoms with Crippen LogP contribution in [0.1, 0.15) is 24.6 Å². The van der Waals surface area contributed by atoms with Crippen LogP contribution in [0.3, 0.4) is 0 Å². The van der Waals surface area contributed by atoms with Gasteiger partial charge in [0.05, 0.1) is 0 Å². The Labute approximate surface area is 82.7 Å². The summed E-state index contributed by atoms with van der Waals surface area (Å²) < 4.78 is 8.31. The second kappa shape index (κ2) is 3.64. The summed E-state index contributed by atoms with van der Waals surface area (Å²) in [6, 6.07) is 0.534. The molecule has 1 fully saturated rings. The minimum Gasteiger partial charge on any atom is -0.381 e. The number of aromatic amines is 1. The zero-order valence-corrected chi connectivity index (χ0v) is 8.56. The fraction of sp³-hybridized carbons (Fsp3) is 0.667. The first-order valence-electron chi connectivity index (χ1n) is 4.63. The standard InChI is InChI=1S/C9H14N2OS/c1-7-6-11(9(13)10-7)8-2-4-12-5-3-8/h6,8H,2-5H2,1H3,(H,10,13). The molecule has 3 nitrogen and oxygen atoms in total. The number of hydrogen-bond acceptors (Lipinski definition) is 2. The van der Waals surface area contributed by atoms with Gasteiger partial charge in [-0.05, 0) is 32.0 Å². The van der Waals surface area contributed by atoms with Crippen molar-refractivity contribution in [3.63, 3.8) is 0 Å². The average Bonchev–Trinajstić information content (AvgIpc) is 2.47. The summed E-state index contributed by atoms with van der Waals surface area (Å²) >= 11 is 5.22. The highest BCUT2D eigenvalue weighted by molar-refractivity contribution is 7.71. The van der Waals surface area contributed by atoms with Gasteiger partial charge in [0.2, 0.25) is 0 Å². The molecular weight excluding hydrogens is 184 g/mol. The van der Waals surface area contributed by atoms with Crippen molar-refractivity contribution in [3.05, 3.63) is 16.7 Å². The molecule has 2 rings (SSSR count). The van der Waals surface area contributed by atoms with Crippen LogP contribution in [-0.2, 0) is 4.74 Å². The van der Waals surface area contributed by atoms with Crippen LogP contribution >= 0.6 is 12.2 Å². The van der Waals surface area contributed by atoms with Gasteiger partial charge >= 0.3 is 0 Å². The molecule has 13 heavy (non-hydrogen) atoms. The van der Waals surface area contributed by atoms with Crippen LogP contribution in [0.25, 0.3) is 0 Å². The van der Waals surface area contributed by atoms with E-state index in [1.165, 1.54) is 0 Å². The summed E-state index contributed by atoms with van der Waals surface area (Å²) in [5.74, 6) is 0. The third-order valence-electron chi connectivity index (χ3n) is 2.46. The Kier molecular flexibility index (Phi) is 2.51. The van der Waals surface area contributed by atoms with E-state index in [9.17, 15) is 0 Å². The number of nitrogens with zero attached hydrogens (tertiary/aromatic N) is 1. The van der Waals surface area contributed by atoms with E-state index in [1.807, 2.05) is 6.92 Å². The van der Waals surface area contributed by atoms with Crippen molar-refractivity contribution in [3.8, 4) is 0 Å². The topological polar surface area (TPSA) is 29.9 Å². The zero-order chi connectivity index (χ0) is 9.26.